The van der Waals surface area contributed by atoms with Gasteiger partial charge in [-0.1, -0.05) is 0 Å². The predicted octanol–water partition coefficient (Wildman–Crippen LogP) is 2.83. The van der Waals surface area contributed by atoms with Gasteiger partial charge in [-0.3, -0.25) is 4.79 Å². The van der Waals surface area contributed by atoms with Crippen molar-refractivity contribution in [1.82, 2.24) is 20.6 Å². The van der Waals surface area contributed by atoms with E-state index < -0.39 is 0 Å². The predicted molar refractivity (Wildman–Crippen MR) is 103 cm³/mol. The van der Waals surface area contributed by atoms with Gasteiger partial charge in [-0.2, -0.15) is 0 Å². The SMILES string of the molecule is Cc1nc2ccc(F)c(C3CC4C(=O)NCCC4N3)c2nc1NC(C)(C)C. The molecule has 3 heterocycles. The topological polar surface area (TPSA) is 78.9 Å². The number of aryl methyl sites for hydroxylation is 1. The van der Waals surface area contributed by atoms with E-state index in [-0.39, 0.29) is 35.3 Å². The monoisotopic (exact) mass is 371 g/mol. The third-order valence-corrected chi connectivity index (χ3v) is 5.32. The third kappa shape index (κ3) is 3.36. The van der Waals surface area contributed by atoms with Gasteiger partial charge >= 0.3 is 0 Å². The van der Waals surface area contributed by atoms with Crippen molar-refractivity contribution < 1.29 is 9.18 Å². The molecule has 2 aliphatic heterocycles. The normalized spacial score (nSPS) is 25.4. The van der Waals surface area contributed by atoms with Gasteiger partial charge in [0.15, 0.2) is 0 Å². The molecule has 0 aliphatic carbocycles. The molecule has 4 rings (SSSR count). The Balaban J connectivity index is 1.79. The smallest absolute Gasteiger partial charge is 0.224 e. The fourth-order valence-electron chi connectivity index (χ4n) is 4.13. The lowest BCUT2D eigenvalue weighted by atomic mass is 9.91. The molecule has 0 radical (unpaired) electrons. The van der Waals surface area contributed by atoms with Crippen molar-refractivity contribution >= 4 is 22.8 Å². The second kappa shape index (κ2) is 6.41. The van der Waals surface area contributed by atoms with Crippen molar-refractivity contribution in [1.29, 1.82) is 0 Å². The Hall–Kier alpha value is -2.28. The highest BCUT2D eigenvalue weighted by molar-refractivity contribution is 5.83. The first-order valence-electron chi connectivity index (χ1n) is 9.51. The number of rotatable bonds is 2. The summed E-state index contributed by atoms with van der Waals surface area (Å²) in [5, 5.41) is 9.73. The number of hydrogen-bond acceptors (Lipinski definition) is 5. The van der Waals surface area contributed by atoms with Crippen LogP contribution >= 0.6 is 0 Å². The molecule has 2 aromatic rings. The quantitative estimate of drug-likeness (QED) is 0.757. The van der Waals surface area contributed by atoms with Gasteiger partial charge in [0.1, 0.15) is 11.6 Å². The Kier molecular flexibility index (Phi) is 4.29. The maximum absolute atomic E-state index is 14.9. The molecule has 3 N–H and O–H groups in total. The van der Waals surface area contributed by atoms with Crippen LogP contribution in [0.5, 0.6) is 0 Å². The van der Waals surface area contributed by atoms with Crippen LogP contribution in [0.3, 0.4) is 0 Å². The van der Waals surface area contributed by atoms with Gasteiger partial charge in [-0.05, 0) is 52.7 Å². The largest absolute Gasteiger partial charge is 0.364 e. The van der Waals surface area contributed by atoms with Gasteiger partial charge in [0.25, 0.3) is 0 Å². The van der Waals surface area contributed by atoms with E-state index in [1.54, 1.807) is 6.07 Å². The first-order valence-corrected chi connectivity index (χ1v) is 9.51. The molecule has 0 spiro atoms. The minimum atomic E-state index is -0.307. The molecule has 0 saturated carbocycles. The van der Waals surface area contributed by atoms with Crippen molar-refractivity contribution in [2.24, 2.45) is 5.92 Å². The summed E-state index contributed by atoms with van der Waals surface area (Å²) in [4.78, 5) is 21.6. The highest BCUT2D eigenvalue weighted by Gasteiger charge is 2.42. The molecule has 0 bridgehead atoms. The number of piperidine rings is 1. The molecule has 1 amide bonds. The number of fused-ring (bicyclic) bond motifs is 2. The summed E-state index contributed by atoms with van der Waals surface area (Å²) < 4.78 is 14.9. The summed E-state index contributed by atoms with van der Waals surface area (Å²) in [5.41, 5.74) is 2.34. The van der Waals surface area contributed by atoms with Crippen LogP contribution in [0.2, 0.25) is 0 Å². The molecular formula is C20H26FN5O. The molecule has 144 valence electrons. The van der Waals surface area contributed by atoms with Crippen LogP contribution in [-0.2, 0) is 4.79 Å². The Morgan fingerprint density at radius 3 is 2.74 bits per heavy atom. The molecular weight excluding hydrogens is 345 g/mol. The van der Waals surface area contributed by atoms with Gasteiger partial charge in [0.2, 0.25) is 5.91 Å². The second-order valence-corrected chi connectivity index (χ2v) is 8.61. The molecule has 1 aromatic heterocycles. The lowest BCUT2D eigenvalue weighted by Crippen LogP contribution is -2.45. The molecule has 3 atom stereocenters. The lowest BCUT2D eigenvalue weighted by molar-refractivity contribution is -0.126. The zero-order valence-electron chi connectivity index (χ0n) is 16.2. The zero-order valence-corrected chi connectivity index (χ0v) is 16.2. The van der Waals surface area contributed by atoms with Gasteiger partial charge in [-0.15, -0.1) is 0 Å². The third-order valence-electron chi connectivity index (χ3n) is 5.32. The number of amides is 1. The molecule has 3 unspecified atom stereocenters. The van der Waals surface area contributed by atoms with Crippen molar-refractivity contribution in [3.8, 4) is 0 Å². The van der Waals surface area contributed by atoms with E-state index in [1.807, 2.05) is 27.7 Å². The molecule has 2 aliphatic rings. The highest BCUT2D eigenvalue weighted by Crippen LogP contribution is 2.38. The average molecular weight is 371 g/mol. The number of carbonyl (C=O) groups is 1. The standard InChI is InChI=1S/C20H26FN5O/c1-10-18(26-20(2,3)4)25-17-14(23-10)6-5-12(21)16(17)15-9-11-13(24-15)7-8-22-19(11)27/h5-6,11,13,15,24H,7-9H2,1-4H3,(H,22,27)(H,25,26). The van der Waals surface area contributed by atoms with Crippen LogP contribution in [0.1, 0.15) is 50.9 Å². The second-order valence-electron chi connectivity index (χ2n) is 8.61. The summed E-state index contributed by atoms with van der Waals surface area (Å²) in [6.45, 7) is 8.71. The minimum Gasteiger partial charge on any atom is -0.364 e. The Morgan fingerprint density at radius 1 is 1.26 bits per heavy atom. The van der Waals surface area contributed by atoms with E-state index in [2.05, 4.69) is 20.9 Å². The first kappa shape index (κ1) is 18.1. The Bertz CT molecular complexity index is 907. The van der Waals surface area contributed by atoms with E-state index in [0.717, 1.165) is 12.1 Å². The van der Waals surface area contributed by atoms with Gasteiger partial charge in [0, 0.05) is 29.7 Å². The van der Waals surface area contributed by atoms with Crippen molar-refractivity contribution in [3.05, 3.63) is 29.2 Å². The summed E-state index contributed by atoms with van der Waals surface area (Å²) in [6, 6.07) is 2.96. The summed E-state index contributed by atoms with van der Waals surface area (Å²) in [5.74, 6) is 0.289. The van der Waals surface area contributed by atoms with Crippen LogP contribution in [0.15, 0.2) is 12.1 Å². The van der Waals surface area contributed by atoms with Crippen LogP contribution in [0.4, 0.5) is 10.2 Å². The maximum atomic E-state index is 14.9. The average Bonchev–Trinajstić information content (AvgIpc) is 3.00. The van der Waals surface area contributed by atoms with Crippen LogP contribution < -0.4 is 16.0 Å². The van der Waals surface area contributed by atoms with E-state index in [0.29, 0.717) is 35.4 Å². The van der Waals surface area contributed by atoms with Crippen LogP contribution in [-0.4, -0.2) is 34.0 Å². The van der Waals surface area contributed by atoms with E-state index >= 15 is 0 Å². The summed E-state index contributed by atoms with van der Waals surface area (Å²) in [7, 11) is 0. The summed E-state index contributed by atoms with van der Waals surface area (Å²) >= 11 is 0. The number of benzene rings is 1. The fourth-order valence-corrected chi connectivity index (χ4v) is 4.13. The maximum Gasteiger partial charge on any atom is 0.224 e. The first-order chi connectivity index (χ1) is 12.7. The lowest BCUT2D eigenvalue weighted by Gasteiger charge is -2.24. The van der Waals surface area contributed by atoms with E-state index in [9.17, 15) is 9.18 Å². The van der Waals surface area contributed by atoms with Gasteiger partial charge in [-0.25, -0.2) is 14.4 Å². The van der Waals surface area contributed by atoms with E-state index in [4.69, 9.17) is 4.98 Å². The number of aromatic nitrogens is 2. The van der Waals surface area contributed by atoms with Crippen molar-refractivity contribution in [2.75, 3.05) is 11.9 Å². The number of halogens is 1. The van der Waals surface area contributed by atoms with Crippen LogP contribution in [0.25, 0.3) is 11.0 Å². The van der Waals surface area contributed by atoms with Crippen LogP contribution in [0, 0.1) is 18.7 Å². The van der Waals surface area contributed by atoms with E-state index in [1.165, 1.54) is 6.07 Å². The zero-order chi connectivity index (χ0) is 19.3. The fraction of sp³-hybridized carbons (Fsp3) is 0.550. The van der Waals surface area contributed by atoms with Crippen molar-refractivity contribution in [3.63, 3.8) is 0 Å². The number of anilines is 1. The molecule has 1 aromatic carbocycles. The molecule has 2 fully saturated rings. The van der Waals surface area contributed by atoms with Gasteiger partial charge < -0.3 is 16.0 Å². The molecule has 2 saturated heterocycles. The number of nitrogens with one attached hydrogen (secondary N) is 3. The Labute approximate surface area is 158 Å². The molecule has 7 heteroatoms. The highest BCUT2D eigenvalue weighted by atomic mass is 19.1. The van der Waals surface area contributed by atoms with Gasteiger partial charge in [0.05, 0.1) is 22.6 Å². The molecule has 6 nitrogen and oxygen atoms in total. The summed E-state index contributed by atoms with van der Waals surface area (Å²) in [6.07, 6.45) is 1.44. The number of carbonyl (C=O) groups excluding carboxylic acids is 1. The minimum absolute atomic E-state index is 0.0545. The Morgan fingerprint density at radius 2 is 2.04 bits per heavy atom. The van der Waals surface area contributed by atoms with Crippen molar-refractivity contribution in [2.45, 2.75) is 58.2 Å². The molecule has 27 heavy (non-hydrogen) atoms. The number of nitrogens with zero attached hydrogens (tertiary/aromatic N) is 2. The number of hydrogen-bond donors (Lipinski definition) is 3.